The molecule has 4 N–H and O–H groups in total. The molecule has 3 rings (SSSR count). The van der Waals surface area contributed by atoms with E-state index in [1.165, 1.54) is 7.11 Å². The van der Waals surface area contributed by atoms with Crippen LogP contribution in [0.4, 0.5) is 0 Å². The average Bonchev–Trinajstić information content (AvgIpc) is 2.59. The Kier molecular flexibility index (Phi) is 4.48. The van der Waals surface area contributed by atoms with Crippen molar-refractivity contribution in [3.63, 3.8) is 0 Å². The summed E-state index contributed by atoms with van der Waals surface area (Å²) in [6.07, 6.45) is 0.652. The number of carboxylic acids is 1. The number of fused-ring (bicyclic) bond motifs is 1. The number of carbonyl (C=O) groups is 4. The van der Waals surface area contributed by atoms with Crippen molar-refractivity contribution in [1.82, 2.24) is 4.90 Å². The van der Waals surface area contributed by atoms with Gasteiger partial charge in [0.2, 0.25) is 5.60 Å². The number of hydrogen-bond donors (Lipinski definition) is 3. The Hall–Kier alpha value is -1.75. The van der Waals surface area contributed by atoms with E-state index in [0.717, 1.165) is 16.7 Å². The molecule has 3 heterocycles. The fourth-order valence-corrected chi connectivity index (χ4v) is 5.30. The number of β-lactam (4-membered cyclic amide) rings is 1. The Morgan fingerprint density at radius 3 is 2.68 bits per heavy atom. The largest absolute Gasteiger partial charge is 0.477 e. The third-order valence-electron chi connectivity index (χ3n) is 4.87. The summed E-state index contributed by atoms with van der Waals surface area (Å²) >= 11 is 0.956. The second kappa shape index (κ2) is 6.20. The number of ketones is 2. The molecular formula is C15H18N2O7S. The fraction of sp³-hybridized carbons (Fsp3) is 0.600. The lowest BCUT2D eigenvalue weighted by atomic mass is 9.80. The lowest BCUT2D eigenvalue weighted by molar-refractivity contribution is -0.188. The molecule has 9 nitrogen and oxygen atoms in total. The molecule has 0 saturated carbocycles. The highest BCUT2D eigenvalue weighted by Gasteiger charge is 2.71. The summed E-state index contributed by atoms with van der Waals surface area (Å²) in [5.74, 6) is -3.15. The third kappa shape index (κ3) is 2.28. The lowest BCUT2D eigenvalue weighted by Crippen LogP contribution is -2.80. The first-order chi connectivity index (χ1) is 11.8. The van der Waals surface area contributed by atoms with Gasteiger partial charge in [0.05, 0.1) is 17.9 Å². The Morgan fingerprint density at radius 1 is 1.44 bits per heavy atom. The highest BCUT2D eigenvalue weighted by atomic mass is 32.2. The van der Waals surface area contributed by atoms with Crippen LogP contribution in [0.1, 0.15) is 19.3 Å². The third-order valence-corrected chi connectivity index (χ3v) is 6.49. The molecule has 2 bridgehead atoms. The number of rotatable bonds is 3. The molecule has 3 aliphatic heterocycles. The maximum Gasteiger partial charge on any atom is 0.352 e. The van der Waals surface area contributed by atoms with Gasteiger partial charge < -0.3 is 20.7 Å². The fourth-order valence-electron chi connectivity index (χ4n) is 3.59. The number of hydrogen-bond acceptors (Lipinski definition) is 8. The van der Waals surface area contributed by atoms with Crippen LogP contribution < -0.4 is 5.73 Å². The number of thioether (sulfide) groups is 1. The molecule has 0 aromatic heterocycles. The molecule has 0 aromatic rings. The Bertz CT molecular complexity index is 706. The van der Waals surface area contributed by atoms with Crippen LogP contribution in [-0.2, 0) is 23.9 Å². The summed E-state index contributed by atoms with van der Waals surface area (Å²) in [7, 11) is 1.19. The summed E-state index contributed by atoms with van der Waals surface area (Å²) in [5, 5.41) is 17.2. The lowest BCUT2D eigenvalue weighted by Gasteiger charge is -2.56. The quantitative estimate of drug-likeness (QED) is 0.404. The van der Waals surface area contributed by atoms with Gasteiger partial charge in [0.15, 0.2) is 5.78 Å². The first-order valence-corrected chi connectivity index (χ1v) is 8.69. The number of carbonyl (C=O) groups excluding carboxylic acids is 3. The van der Waals surface area contributed by atoms with Gasteiger partial charge in [-0.05, 0) is 12.8 Å². The van der Waals surface area contributed by atoms with Crippen molar-refractivity contribution in [2.45, 2.75) is 41.5 Å². The molecule has 1 amide bonds. The summed E-state index contributed by atoms with van der Waals surface area (Å²) in [6, 6.07) is -0.979. The topological polar surface area (TPSA) is 147 Å². The smallest absolute Gasteiger partial charge is 0.352 e. The van der Waals surface area contributed by atoms with Gasteiger partial charge in [0.1, 0.15) is 16.9 Å². The second-order valence-corrected chi connectivity index (χ2v) is 7.34. The van der Waals surface area contributed by atoms with Gasteiger partial charge in [-0.15, -0.1) is 11.8 Å². The predicted molar refractivity (Wildman–Crippen MR) is 85.3 cm³/mol. The van der Waals surface area contributed by atoms with E-state index < -0.39 is 52.2 Å². The van der Waals surface area contributed by atoms with Crippen LogP contribution in [0.5, 0.6) is 0 Å². The van der Waals surface area contributed by atoms with Crippen molar-refractivity contribution in [2.75, 3.05) is 13.7 Å². The molecular weight excluding hydrogens is 352 g/mol. The second-order valence-electron chi connectivity index (χ2n) is 6.15. The number of aliphatic carboxylic acids is 1. The first-order valence-electron chi connectivity index (χ1n) is 7.75. The monoisotopic (exact) mass is 370 g/mol. The molecule has 2 unspecified atom stereocenters. The van der Waals surface area contributed by atoms with Crippen molar-refractivity contribution in [3.8, 4) is 0 Å². The molecule has 0 aliphatic carbocycles. The SMILES string of the molecule is CO[C@@]12C(=O)C(N)CCCC(=O)C3S[C@@H]1N(C2=O)C(C(=O)O)=C3CO. The van der Waals surface area contributed by atoms with E-state index >= 15 is 0 Å². The minimum Gasteiger partial charge on any atom is -0.477 e. The van der Waals surface area contributed by atoms with E-state index in [-0.39, 0.29) is 24.2 Å². The highest BCUT2D eigenvalue weighted by Crippen LogP contribution is 2.52. The molecule has 2 fully saturated rings. The van der Waals surface area contributed by atoms with Crippen LogP contribution in [0.25, 0.3) is 0 Å². The molecule has 2 saturated heterocycles. The van der Waals surface area contributed by atoms with Gasteiger partial charge in [0.25, 0.3) is 5.91 Å². The van der Waals surface area contributed by atoms with Gasteiger partial charge in [-0.2, -0.15) is 0 Å². The molecule has 0 spiro atoms. The van der Waals surface area contributed by atoms with E-state index in [4.69, 9.17) is 10.5 Å². The first kappa shape index (κ1) is 18.1. The van der Waals surface area contributed by atoms with Crippen LogP contribution in [0.3, 0.4) is 0 Å². The van der Waals surface area contributed by atoms with Crippen molar-refractivity contribution >= 4 is 35.2 Å². The standard InChI is InChI=1S/C15H18N2O7S/c1-24-15-11(20)7(16)3-2-4-8(19)10-6(5-18)9(12(21)22)17(13(15)23)14(15)25-10/h7,10,14,18H,2-5,16H2,1H3,(H,21,22)/t7?,10?,14-,15+/m0/s1. The van der Waals surface area contributed by atoms with Gasteiger partial charge in [-0.1, -0.05) is 0 Å². The number of nitrogens with zero attached hydrogens (tertiary/aromatic N) is 1. The Balaban J connectivity index is 2.20. The minimum absolute atomic E-state index is 0.0332. The van der Waals surface area contributed by atoms with Gasteiger partial charge in [-0.25, -0.2) is 4.79 Å². The number of amides is 1. The zero-order chi connectivity index (χ0) is 18.5. The molecule has 0 radical (unpaired) electrons. The van der Waals surface area contributed by atoms with Crippen LogP contribution >= 0.6 is 11.8 Å². The Labute approximate surface area is 147 Å². The number of nitrogens with two attached hydrogens (primary N) is 1. The molecule has 25 heavy (non-hydrogen) atoms. The molecule has 136 valence electrons. The Morgan fingerprint density at radius 2 is 2.12 bits per heavy atom. The number of Topliss-reactive ketones (excluding diaryl/α,β-unsaturated/α-hetero) is 2. The number of aliphatic hydroxyl groups is 1. The normalized spacial score (nSPS) is 35.6. The van der Waals surface area contributed by atoms with Gasteiger partial charge >= 0.3 is 5.97 Å². The highest BCUT2D eigenvalue weighted by molar-refractivity contribution is 8.01. The number of carboxylic acid groups (broad SMARTS) is 1. The summed E-state index contributed by atoms with van der Waals surface area (Å²) in [6.45, 7) is -0.672. The van der Waals surface area contributed by atoms with Crippen LogP contribution in [0, 0.1) is 0 Å². The van der Waals surface area contributed by atoms with E-state index in [2.05, 4.69) is 0 Å². The minimum atomic E-state index is -1.90. The van der Waals surface area contributed by atoms with E-state index in [0.29, 0.717) is 6.42 Å². The average molecular weight is 370 g/mol. The summed E-state index contributed by atoms with van der Waals surface area (Å²) < 4.78 is 5.26. The predicted octanol–water partition coefficient (Wildman–Crippen LogP) is -1.36. The maximum absolute atomic E-state index is 12.8. The molecule has 4 atom stereocenters. The molecule has 3 aliphatic rings. The molecule has 0 aromatic carbocycles. The van der Waals surface area contributed by atoms with Crippen molar-refractivity contribution in [1.29, 1.82) is 0 Å². The van der Waals surface area contributed by atoms with Crippen LogP contribution in [0.15, 0.2) is 11.3 Å². The summed E-state index contributed by atoms with van der Waals surface area (Å²) in [4.78, 5) is 50.6. The van der Waals surface area contributed by atoms with Crippen LogP contribution in [-0.4, -0.2) is 74.5 Å². The number of ether oxygens (including phenoxy) is 1. The van der Waals surface area contributed by atoms with E-state index in [1.54, 1.807) is 0 Å². The summed E-state index contributed by atoms with van der Waals surface area (Å²) in [5.41, 5.74) is 3.49. The van der Waals surface area contributed by atoms with Crippen molar-refractivity contribution in [3.05, 3.63) is 11.3 Å². The zero-order valence-electron chi connectivity index (χ0n) is 13.4. The number of methoxy groups -OCH3 is 1. The van der Waals surface area contributed by atoms with Gasteiger partial charge in [-0.3, -0.25) is 19.3 Å². The zero-order valence-corrected chi connectivity index (χ0v) is 14.2. The van der Waals surface area contributed by atoms with Crippen molar-refractivity contribution < 1.29 is 34.1 Å². The van der Waals surface area contributed by atoms with E-state index in [9.17, 15) is 29.4 Å². The van der Waals surface area contributed by atoms with E-state index in [1.807, 2.05) is 0 Å². The molecule has 10 heteroatoms. The van der Waals surface area contributed by atoms with Crippen molar-refractivity contribution in [2.24, 2.45) is 5.73 Å². The van der Waals surface area contributed by atoms with Gasteiger partial charge in [0, 0.05) is 19.1 Å². The van der Waals surface area contributed by atoms with Crippen LogP contribution in [0.2, 0.25) is 0 Å². The maximum atomic E-state index is 12.8. The number of aliphatic hydroxyl groups excluding tert-OH is 1.